The normalized spacial score (nSPS) is 22.9. The summed E-state index contributed by atoms with van der Waals surface area (Å²) in [6, 6.07) is 1.25. The Kier molecular flexibility index (Phi) is 9.18. The van der Waals surface area contributed by atoms with Gasteiger partial charge in [0.1, 0.15) is 0 Å². The number of hydrogen-bond acceptors (Lipinski definition) is 4. The van der Waals surface area contributed by atoms with Crippen molar-refractivity contribution in [2.24, 2.45) is 10.9 Å². The van der Waals surface area contributed by atoms with Gasteiger partial charge in [-0.15, -0.1) is 0 Å². The van der Waals surface area contributed by atoms with Crippen LogP contribution in [-0.4, -0.2) is 68.4 Å². The fourth-order valence-electron chi connectivity index (χ4n) is 4.22. The first-order valence-electron chi connectivity index (χ1n) is 10.7. The van der Waals surface area contributed by atoms with Crippen LogP contribution in [0.2, 0.25) is 0 Å². The van der Waals surface area contributed by atoms with Crippen LogP contribution in [0, 0.1) is 5.92 Å². The van der Waals surface area contributed by atoms with Crippen molar-refractivity contribution < 1.29 is 9.53 Å². The summed E-state index contributed by atoms with van der Waals surface area (Å²) in [6.45, 7) is 9.43. The van der Waals surface area contributed by atoms with Gasteiger partial charge < -0.3 is 20.7 Å². The van der Waals surface area contributed by atoms with Crippen LogP contribution < -0.4 is 16.0 Å². The maximum Gasteiger partial charge on any atom is 0.407 e. The van der Waals surface area contributed by atoms with Crippen LogP contribution in [0.4, 0.5) is 4.79 Å². The standard InChI is InChI=1S/C20H39N5O2/c1-5-27-20(26)24-17(12-15(2)3)13-22-19(21-4)23-16-10-11-25(14-16)18-8-6-7-9-18/h15-18H,5-14H2,1-4H3,(H,24,26)(H2,21,22,23). The predicted molar refractivity (Wildman–Crippen MR) is 110 cm³/mol. The lowest BCUT2D eigenvalue weighted by atomic mass is 10.0. The second-order valence-electron chi connectivity index (χ2n) is 8.21. The molecule has 0 bridgehead atoms. The zero-order valence-corrected chi connectivity index (χ0v) is 17.6. The van der Waals surface area contributed by atoms with Crippen LogP contribution >= 0.6 is 0 Å². The third-order valence-electron chi connectivity index (χ3n) is 5.49. The molecule has 7 nitrogen and oxygen atoms in total. The highest BCUT2D eigenvalue weighted by atomic mass is 16.5. The van der Waals surface area contributed by atoms with Gasteiger partial charge in [0.2, 0.25) is 0 Å². The Hall–Kier alpha value is -1.50. The average molecular weight is 382 g/mol. The highest BCUT2D eigenvalue weighted by Crippen LogP contribution is 2.26. The van der Waals surface area contributed by atoms with E-state index in [-0.39, 0.29) is 12.1 Å². The van der Waals surface area contributed by atoms with E-state index < -0.39 is 0 Å². The minimum atomic E-state index is -0.351. The summed E-state index contributed by atoms with van der Waals surface area (Å²) in [5.74, 6) is 1.30. The summed E-state index contributed by atoms with van der Waals surface area (Å²) >= 11 is 0. The third-order valence-corrected chi connectivity index (χ3v) is 5.49. The fraction of sp³-hybridized carbons (Fsp3) is 0.900. The summed E-state index contributed by atoms with van der Waals surface area (Å²) in [5, 5.41) is 9.90. The van der Waals surface area contributed by atoms with Crippen LogP contribution in [0.15, 0.2) is 4.99 Å². The van der Waals surface area contributed by atoms with Gasteiger partial charge in [-0.25, -0.2) is 4.79 Å². The number of nitrogens with one attached hydrogen (secondary N) is 3. The summed E-state index contributed by atoms with van der Waals surface area (Å²) < 4.78 is 5.03. The van der Waals surface area contributed by atoms with Crippen molar-refractivity contribution in [3.8, 4) is 0 Å². The zero-order valence-electron chi connectivity index (χ0n) is 17.6. The van der Waals surface area contributed by atoms with Crippen molar-refractivity contribution in [2.45, 2.75) is 77.4 Å². The Morgan fingerprint density at radius 2 is 2.00 bits per heavy atom. The number of nitrogens with zero attached hydrogens (tertiary/aromatic N) is 2. The van der Waals surface area contributed by atoms with E-state index in [9.17, 15) is 4.79 Å². The van der Waals surface area contributed by atoms with Crippen molar-refractivity contribution in [3.63, 3.8) is 0 Å². The molecule has 1 saturated carbocycles. The number of rotatable bonds is 8. The van der Waals surface area contributed by atoms with E-state index in [2.05, 4.69) is 39.7 Å². The molecule has 2 fully saturated rings. The van der Waals surface area contributed by atoms with E-state index in [4.69, 9.17) is 4.74 Å². The Morgan fingerprint density at radius 3 is 2.63 bits per heavy atom. The first-order chi connectivity index (χ1) is 13.0. The van der Waals surface area contributed by atoms with Gasteiger partial charge in [0.05, 0.1) is 6.61 Å². The molecule has 7 heteroatoms. The number of hydrogen-bond donors (Lipinski definition) is 3. The molecule has 2 unspecified atom stereocenters. The molecule has 27 heavy (non-hydrogen) atoms. The largest absolute Gasteiger partial charge is 0.450 e. The summed E-state index contributed by atoms with van der Waals surface area (Å²) in [7, 11) is 1.80. The first kappa shape index (κ1) is 21.8. The molecule has 0 spiro atoms. The average Bonchev–Trinajstić information content (AvgIpc) is 3.29. The topological polar surface area (TPSA) is 78.0 Å². The van der Waals surface area contributed by atoms with Gasteiger partial charge in [0.25, 0.3) is 0 Å². The maximum absolute atomic E-state index is 11.8. The quantitative estimate of drug-likeness (QED) is 0.444. The molecule has 0 radical (unpaired) electrons. The minimum Gasteiger partial charge on any atom is -0.450 e. The second kappa shape index (κ2) is 11.4. The van der Waals surface area contributed by atoms with E-state index in [1.807, 2.05) is 6.92 Å². The molecule has 0 aromatic rings. The van der Waals surface area contributed by atoms with Crippen LogP contribution in [-0.2, 0) is 4.74 Å². The Bertz CT molecular complexity index is 477. The lowest BCUT2D eigenvalue weighted by molar-refractivity contribution is 0.146. The van der Waals surface area contributed by atoms with E-state index in [1.165, 1.54) is 32.2 Å². The molecule has 2 atom stereocenters. The number of ether oxygens (including phenoxy) is 1. The van der Waals surface area contributed by atoms with Gasteiger partial charge in [0, 0.05) is 44.8 Å². The molecule has 3 N–H and O–H groups in total. The molecule has 2 aliphatic rings. The molecule has 0 aromatic carbocycles. The third kappa shape index (κ3) is 7.56. The number of guanidine groups is 1. The van der Waals surface area contributed by atoms with Gasteiger partial charge in [-0.1, -0.05) is 26.7 Å². The SMILES string of the molecule is CCOC(=O)NC(CNC(=NC)NC1CCN(C2CCCC2)C1)CC(C)C. The molecule has 2 rings (SSSR count). The minimum absolute atomic E-state index is 0.0150. The Balaban J connectivity index is 1.77. The summed E-state index contributed by atoms with van der Waals surface area (Å²) in [5.41, 5.74) is 0. The Morgan fingerprint density at radius 1 is 1.26 bits per heavy atom. The predicted octanol–water partition coefficient (Wildman–Crippen LogP) is 2.33. The molecule has 1 amide bonds. The fourth-order valence-corrected chi connectivity index (χ4v) is 4.22. The lowest BCUT2D eigenvalue weighted by Gasteiger charge is -2.25. The maximum atomic E-state index is 11.8. The van der Waals surface area contributed by atoms with Gasteiger partial charge in [0.15, 0.2) is 5.96 Å². The van der Waals surface area contributed by atoms with Gasteiger partial charge in [-0.3, -0.25) is 9.89 Å². The van der Waals surface area contributed by atoms with Crippen molar-refractivity contribution in [3.05, 3.63) is 0 Å². The van der Waals surface area contributed by atoms with Crippen LogP contribution in [0.5, 0.6) is 0 Å². The van der Waals surface area contributed by atoms with Crippen molar-refractivity contribution in [1.82, 2.24) is 20.9 Å². The van der Waals surface area contributed by atoms with Gasteiger partial charge >= 0.3 is 6.09 Å². The van der Waals surface area contributed by atoms with Crippen LogP contribution in [0.3, 0.4) is 0 Å². The molecular formula is C20H39N5O2. The van der Waals surface area contributed by atoms with E-state index >= 15 is 0 Å². The molecule has 1 heterocycles. The molecule has 1 saturated heterocycles. The smallest absolute Gasteiger partial charge is 0.407 e. The van der Waals surface area contributed by atoms with E-state index in [0.717, 1.165) is 31.4 Å². The van der Waals surface area contributed by atoms with E-state index in [1.54, 1.807) is 7.05 Å². The zero-order chi connectivity index (χ0) is 19.6. The van der Waals surface area contributed by atoms with E-state index in [0.29, 0.717) is 25.1 Å². The number of alkyl carbamates (subject to hydrolysis) is 1. The van der Waals surface area contributed by atoms with Crippen LogP contribution in [0.25, 0.3) is 0 Å². The molecule has 1 aliphatic heterocycles. The number of carbonyl (C=O) groups excluding carboxylic acids is 1. The number of amides is 1. The highest BCUT2D eigenvalue weighted by Gasteiger charge is 2.30. The summed E-state index contributed by atoms with van der Waals surface area (Å²) in [4.78, 5) is 18.8. The van der Waals surface area contributed by atoms with Crippen molar-refractivity contribution in [1.29, 1.82) is 0 Å². The number of likely N-dealkylation sites (tertiary alicyclic amines) is 1. The monoisotopic (exact) mass is 381 g/mol. The van der Waals surface area contributed by atoms with Gasteiger partial charge in [-0.05, 0) is 38.5 Å². The van der Waals surface area contributed by atoms with Crippen LogP contribution in [0.1, 0.15) is 59.3 Å². The molecular weight excluding hydrogens is 342 g/mol. The summed E-state index contributed by atoms with van der Waals surface area (Å²) in [6.07, 6.45) is 7.18. The molecule has 1 aliphatic carbocycles. The highest BCUT2D eigenvalue weighted by molar-refractivity contribution is 5.80. The second-order valence-corrected chi connectivity index (χ2v) is 8.21. The molecule has 0 aromatic heterocycles. The van der Waals surface area contributed by atoms with Crippen molar-refractivity contribution in [2.75, 3.05) is 33.3 Å². The lowest BCUT2D eigenvalue weighted by Crippen LogP contribution is -2.50. The number of aliphatic imine (C=N–C) groups is 1. The van der Waals surface area contributed by atoms with Gasteiger partial charge in [-0.2, -0.15) is 0 Å². The number of carbonyl (C=O) groups is 1. The first-order valence-corrected chi connectivity index (χ1v) is 10.7. The van der Waals surface area contributed by atoms with Crippen molar-refractivity contribution >= 4 is 12.1 Å². The Labute approximate surface area is 164 Å². The molecule has 156 valence electrons.